The van der Waals surface area contributed by atoms with E-state index in [0.717, 1.165) is 30.9 Å². The molecule has 1 saturated heterocycles. The summed E-state index contributed by atoms with van der Waals surface area (Å²) in [5.74, 6) is 0.452. The van der Waals surface area contributed by atoms with Crippen molar-refractivity contribution in [1.82, 2.24) is 15.0 Å². The van der Waals surface area contributed by atoms with Crippen LogP contribution in [0.2, 0.25) is 0 Å². The van der Waals surface area contributed by atoms with Gasteiger partial charge in [0.1, 0.15) is 6.07 Å². The van der Waals surface area contributed by atoms with Gasteiger partial charge in [0.15, 0.2) is 5.69 Å². The summed E-state index contributed by atoms with van der Waals surface area (Å²) < 4.78 is 1.80. The predicted octanol–water partition coefficient (Wildman–Crippen LogP) is 2.94. The number of nitriles is 1. The second-order valence-corrected chi connectivity index (χ2v) is 6.22. The smallest absolute Gasteiger partial charge is 0.186 e. The van der Waals surface area contributed by atoms with Gasteiger partial charge in [0.2, 0.25) is 0 Å². The number of rotatable bonds is 4. The summed E-state index contributed by atoms with van der Waals surface area (Å²) in [6.07, 6.45) is 3.34. The highest BCUT2D eigenvalue weighted by atomic mass is 15.4. The molecule has 0 unspecified atom stereocenters. The summed E-state index contributed by atoms with van der Waals surface area (Å²) >= 11 is 0. The summed E-state index contributed by atoms with van der Waals surface area (Å²) in [5.41, 5.74) is 3.55. The lowest BCUT2D eigenvalue weighted by Crippen LogP contribution is -2.17. The van der Waals surface area contributed by atoms with E-state index in [1.165, 1.54) is 18.5 Å². The lowest BCUT2D eigenvalue weighted by molar-refractivity contribution is 0.613. The molecule has 1 aliphatic heterocycles. The first-order chi connectivity index (χ1) is 10.7. The summed E-state index contributed by atoms with van der Waals surface area (Å²) in [4.78, 5) is 2.40. The largest absolute Gasteiger partial charge is 0.372 e. The zero-order valence-electron chi connectivity index (χ0n) is 13.2. The average Bonchev–Trinajstić information content (AvgIpc) is 3.16. The number of anilines is 1. The molecule has 0 amide bonds. The number of nitrogens with zero attached hydrogens (tertiary/aromatic N) is 5. The van der Waals surface area contributed by atoms with Gasteiger partial charge in [0, 0.05) is 18.8 Å². The Hall–Kier alpha value is -2.35. The van der Waals surface area contributed by atoms with Gasteiger partial charge in [-0.2, -0.15) is 5.26 Å². The molecule has 22 heavy (non-hydrogen) atoms. The van der Waals surface area contributed by atoms with Crippen molar-refractivity contribution < 1.29 is 0 Å². The average molecular weight is 295 g/mol. The van der Waals surface area contributed by atoms with Crippen LogP contribution in [0.15, 0.2) is 24.3 Å². The fraction of sp³-hybridized carbons (Fsp3) is 0.471. The van der Waals surface area contributed by atoms with Crippen LogP contribution in [0, 0.1) is 17.2 Å². The first-order valence-electron chi connectivity index (χ1n) is 7.89. The zero-order valence-corrected chi connectivity index (χ0v) is 13.2. The Bertz CT molecular complexity index is 672. The highest BCUT2D eigenvalue weighted by Gasteiger charge is 2.16. The standard InChI is InChI=1S/C17H21N5/c1-13(2)11-17-16(12-18)19-20-22(17)15-7-5-14(6-8-15)21-9-3-4-10-21/h5-8,13H,3-4,9-11H2,1-2H3. The fourth-order valence-corrected chi connectivity index (χ4v) is 2.95. The van der Waals surface area contributed by atoms with Crippen molar-refractivity contribution in [2.45, 2.75) is 33.1 Å². The fourth-order valence-electron chi connectivity index (χ4n) is 2.95. The molecule has 5 heteroatoms. The normalized spacial score (nSPS) is 14.5. The molecule has 0 spiro atoms. The summed E-state index contributed by atoms with van der Waals surface area (Å²) in [6, 6.07) is 10.5. The minimum absolute atomic E-state index is 0.428. The number of benzene rings is 1. The third-order valence-electron chi connectivity index (χ3n) is 4.04. The zero-order chi connectivity index (χ0) is 15.5. The van der Waals surface area contributed by atoms with Crippen molar-refractivity contribution in [1.29, 1.82) is 5.26 Å². The van der Waals surface area contributed by atoms with Crippen LogP contribution >= 0.6 is 0 Å². The minimum atomic E-state index is 0.428. The Morgan fingerprint density at radius 2 is 1.77 bits per heavy atom. The van der Waals surface area contributed by atoms with E-state index in [9.17, 15) is 5.26 Å². The predicted molar refractivity (Wildman–Crippen MR) is 86.1 cm³/mol. The van der Waals surface area contributed by atoms with E-state index in [2.05, 4.69) is 59.4 Å². The van der Waals surface area contributed by atoms with Gasteiger partial charge >= 0.3 is 0 Å². The Kier molecular flexibility index (Phi) is 4.10. The molecule has 3 rings (SSSR count). The maximum absolute atomic E-state index is 9.21. The number of hydrogen-bond donors (Lipinski definition) is 0. The molecule has 1 aromatic carbocycles. The van der Waals surface area contributed by atoms with Gasteiger partial charge in [-0.05, 0) is 49.4 Å². The molecule has 0 saturated carbocycles. The molecule has 0 N–H and O–H groups in total. The molecule has 114 valence electrons. The molecule has 0 atom stereocenters. The van der Waals surface area contributed by atoms with Crippen molar-refractivity contribution in [3.05, 3.63) is 35.7 Å². The molecule has 1 aliphatic rings. The quantitative estimate of drug-likeness (QED) is 0.870. The van der Waals surface area contributed by atoms with Crippen molar-refractivity contribution >= 4 is 5.69 Å². The highest BCUT2D eigenvalue weighted by molar-refractivity contribution is 5.52. The van der Waals surface area contributed by atoms with Crippen molar-refractivity contribution in [3.63, 3.8) is 0 Å². The molecule has 0 radical (unpaired) electrons. The summed E-state index contributed by atoms with van der Waals surface area (Å²) in [5, 5.41) is 17.4. The van der Waals surface area contributed by atoms with E-state index < -0.39 is 0 Å². The van der Waals surface area contributed by atoms with E-state index in [-0.39, 0.29) is 0 Å². The van der Waals surface area contributed by atoms with Gasteiger partial charge in [-0.25, -0.2) is 4.68 Å². The van der Waals surface area contributed by atoms with Crippen molar-refractivity contribution in [2.24, 2.45) is 5.92 Å². The van der Waals surface area contributed by atoms with Gasteiger partial charge in [-0.15, -0.1) is 5.10 Å². The molecule has 2 aromatic rings. The Morgan fingerprint density at radius 1 is 1.14 bits per heavy atom. The first-order valence-corrected chi connectivity index (χ1v) is 7.89. The minimum Gasteiger partial charge on any atom is -0.372 e. The van der Waals surface area contributed by atoms with Gasteiger partial charge in [0.25, 0.3) is 0 Å². The monoisotopic (exact) mass is 295 g/mol. The van der Waals surface area contributed by atoms with Crippen LogP contribution in [0.1, 0.15) is 38.1 Å². The summed E-state index contributed by atoms with van der Waals surface area (Å²) in [7, 11) is 0. The van der Waals surface area contributed by atoms with E-state index in [1.54, 1.807) is 4.68 Å². The van der Waals surface area contributed by atoms with Crippen LogP contribution in [0.3, 0.4) is 0 Å². The molecule has 1 aromatic heterocycles. The summed E-state index contributed by atoms with van der Waals surface area (Å²) in [6.45, 7) is 6.55. The maximum Gasteiger partial charge on any atom is 0.186 e. The molecule has 2 heterocycles. The Labute approximate surface area is 131 Å². The van der Waals surface area contributed by atoms with Gasteiger partial charge in [-0.1, -0.05) is 19.1 Å². The number of aromatic nitrogens is 3. The van der Waals surface area contributed by atoms with Crippen LogP contribution in [-0.2, 0) is 6.42 Å². The van der Waals surface area contributed by atoms with Crippen LogP contribution < -0.4 is 4.90 Å². The third kappa shape index (κ3) is 2.82. The van der Waals surface area contributed by atoms with Gasteiger partial charge in [0.05, 0.1) is 11.4 Å². The van der Waals surface area contributed by atoms with Gasteiger partial charge < -0.3 is 4.90 Å². The second kappa shape index (κ2) is 6.18. The Balaban J connectivity index is 1.90. The van der Waals surface area contributed by atoms with Crippen molar-refractivity contribution in [3.8, 4) is 11.8 Å². The van der Waals surface area contributed by atoms with Crippen LogP contribution in [0.25, 0.3) is 5.69 Å². The lowest BCUT2D eigenvalue weighted by atomic mass is 10.1. The van der Waals surface area contributed by atoms with Gasteiger partial charge in [-0.3, -0.25) is 0 Å². The maximum atomic E-state index is 9.21. The van der Waals surface area contributed by atoms with E-state index >= 15 is 0 Å². The molecule has 5 nitrogen and oxygen atoms in total. The highest BCUT2D eigenvalue weighted by Crippen LogP contribution is 2.23. The Morgan fingerprint density at radius 3 is 2.36 bits per heavy atom. The second-order valence-electron chi connectivity index (χ2n) is 6.22. The van der Waals surface area contributed by atoms with E-state index in [4.69, 9.17) is 0 Å². The van der Waals surface area contributed by atoms with Crippen LogP contribution in [0.4, 0.5) is 5.69 Å². The lowest BCUT2D eigenvalue weighted by Gasteiger charge is -2.18. The molecule has 0 bridgehead atoms. The first kappa shape index (κ1) is 14.6. The van der Waals surface area contributed by atoms with Crippen LogP contribution in [0.5, 0.6) is 0 Å². The molecule has 1 fully saturated rings. The van der Waals surface area contributed by atoms with Crippen molar-refractivity contribution in [2.75, 3.05) is 18.0 Å². The van der Waals surface area contributed by atoms with E-state index in [1.807, 2.05) is 0 Å². The van der Waals surface area contributed by atoms with Crippen LogP contribution in [-0.4, -0.2) is 28.1 Å². The SMILES string of the molecule is CC(C)Cc1c(C#N)nnn1-c1ccc(N2CCCC2)cc1. The number of hydrogen-bond acceptors (Lipinski definition) is 4. The third-order valence-corrected chi connectivity index (χ3v) is 4.04. The molecular weight excluding hydrogens is 274 g/mol. The van der Waals surface area contributed by atoms with E-state index in [0.29, 0.717) is 11.6 Å². The molecular formula is C17H21N5. The topological polar surface area (TPSA) is 57.7 Å². The molecule has 0 aliphatic carbocycles.